The number of aromatic hydroxyl groups is 1. The number of pyridine rings is 1. The van der Waals surface area contributed by atoms with E-state index in [1.54, 1.807) is 44.2 Å². The predicted molar refractivity (Wildman–Crippen MR) is 142 cm³/mol. The Morgan fingerprint density at radius 1 is 1.08 bits per heavy atom. The summed E-state index contributed by atoms with van der Waals surface area (Å²) in [5.41, 5.74) is 1.14. The molecule has 1 unspecified atom stereocenters. The van der Waals surface area contributed by atoms with Crippen molar-refractivity contribution in [1.82, 2.24) is 14.5 Å². The fraction of sp³-hybridized carbons (Fsp3) is 0.250. The van der Waals surface area contributed by atoms with Gasteiger partial charge in [-0.25, -0.2) is 13.4 Å². The molecule has 11 heteroatoms. The minimum atomic E-state index is -4.52. The molecular formula is C28H28FN3O6S. The first-order valence-corrected chi connectivity index (χ1v) is 13.6. The van der Waals surface area contributed by atoms with Crippen LogP contribution in [0.25, 0.3) is 11.1 Å². The highest BCUT2D eigenvalue weighted by molar-refractivity contribution is 7.91. The Hall–Kier alpha value is -3.93. The van der Waals surface area contributed by atoms with Gasteiger partial charge in [0.2, 0.25) is 21.7 Å². The first kappa shape index (κ1) is 28.1. The molecule has 0 amide bonds. The van der Waals surface area contributed by atoms with Gasteiger partial charge in [-0.05, 0) is 48.7 Å². The molecule has 4 aromatic rings. The Morgan fingerprint density at radius 3 is 2.41 bits per heavy atom. The van der Waals surface area contributed by atoms with Crippen LogP contribution in [0, 0.1) is 12.9 Å². The van der Waals surface area contributed by atoms with Gasteiger partial charge in [-0.1, -0.05) is 42.5 Å². The van der Waals surface area contributed by atoms with E-state index in [9.17, 15) is 22.7 Å². The molecule has 0 aliphatic carbocycles. The summed E-state index contributed by atoms with van der Waals surface area (Å²) in [5.74, 6) is -1.50. The van der Waals surface area contributed by atoms with Crippen molar-refractivity contribution in [1.29, 1.82) is 0 Å². The van der Waals surface area contributed by atoms with E-state index in [1.807, 2.05) is 6.07 Å². The largest absolute Gasteiger partial charge is 0.492 e. The van der Waals surface area contributed by atoms with Crippen molar-refractivity contribution in [2.24, 2.45) is 0 Å². The van der Waals surface area contributed by atoms with Crippen LogP contribution in [-0.4, -0.2) is 48.4 Å². The maximum atomic E-state index is 13.9. The molecule has 204 valence electrons. The summed E-state index contributed by atoms with van der Waals surface area (Å²) < 4.78 is 53.3. The van der Waals surface area contributed by atoms with Crippen LogP contribution in [0.3, 0.4) is 0 Å². The minimum Gasteiger partial charge on any atom is -0.492 e. The van der Waals surface area contributed by atoms with Crippen molar-refractivity contribution in [3.63, 3.8) is 0 Å². The Morgan fingerprint density at radius 2 is 1.77 bits per heavy atom. The lowest BCUT2D eigenvalue weighted by Gasteiger charge is -2.23. The third-order valence-corrected chi connectivity index (χ3v) is 8.06. The molecule has 39 heavy (non-hydrogen) atoms. The molecule has 9 nitrogen and oxygen atoms in total. The van der Waals surface area contributed by atoms with Crippen LogP contribution < -0.4 is 5.56 Å². The second-order valence-electron chi connectivity index (χ2n) is 8.68. The molecule has 0 fully saturated rings. The van der Waals surface area contributed by atoms with Crippen LogP contribution in [0.2, 0.25) is 0 Å². The van der Waals surface area contributed by atoms with E-state index >= 15 is 0 Å². The van der Waals surface area contributed by atoms with Crippen LogP contribution in [0.15, 0.2) is 81.4 Å². The molecule has 2 aromatic heterocycles. The molecule has 0 bridgehead atoms. The summed E-state index contributed by atoms with van der Waals surface area (Å²) in [4.78, 5) is 20.5. The monoisotopic (exact) mass is 553 g/mol. The van der Waals surface area contributed by atoms with Gasteiger partial charge in [-0.2, -0.15) is 9.37 Å². The van der Waals surface area contributed by atoms with Gasteiger partial charge in [0, 0.05) is 25.5 Å². The quantitative estimate of drug-likeness (QED) is 0.292. The lowest BCUT2D eigenvalue weighted by atomic mass is 10.0. The highest BCUT2D eigenvalue weighted by Crippen LogP contribution is 2.30. The van der Waals surface area contributed by atoms with Gasteiger partial charge in [0.05, 0.1) is 17.5 Å². The molecule has 2 heterocycles. The van der Waals surface area contributed by atoms with Gasteiger partial charge in [0.15, 0.2) is 4.90 Å². The zero-order chi connectivity index (χ0) is 28.2. The Balaban J connectivity index is 1.87. The minimum absolute atomic E-state index is 0.0333. The average molecular weight is 554 g/mol. The second-order valence-corrected chi connectivity index (χ2v) is 10.6. The lowest BCUT2D eigenvalue weighted by Crippen LogP contribution is -2.35. The molecular weight excluding hydrogens is 525 g/mol. The van der Waals surface area contributed by atoms with Gasteiger partial charge < -0.3 is 14.6 Å². The van der Waals surface area contributed by atoms with Crippen LogP contribution in [0.1, 0.15) is 29.9 Å². The molecule has 4 rings (SSSR count). The topological polar surface area (TPSA) is 121 Å². The number of sulfone groups is 1. The van der Waals surface area contributed by atoms with E-state index in [0.717, 1.165) is 0 Å². The van der Waals surface area contributed by atoms with Crippen LogP contribution in [0.4, 0.5) is 4.39 Å². The predicted octanol–water partition coefficient (Wildman–Crippen LogP) is 4.06. The Labute approximate surface area is 225 Å². The standard InChI is InChI=1S/C28H28FN3O6S/c1-4-38-17-24-31-27(33)25(28(34)32(24)23(16-37-3)20-8-6-5-7-9-20)39(35,36)21-12-10-19(11-13-21)22-14-15-30-26(29)18(22)2/h5-15,23,33H,4,16-17H2,1-3H3. The molecule has 0 saturated heterocycles. The van der Waals surface area contributed by atoms with Gasteiger partial charge in [0.25, 0.3) is 5.56 Å². The van der Waals surface area contributed by atoms with E-state index in [0.29, 0.717) is 28.9 Å². The molecule has 0 radical (unpaired) electrons. The van der Waals surface area contributed by atoms with Crippen LogP contribution >= 0.6 is 0 Å². The zero-order valence-electron chi connectivity index (χ0n) is 21.7. The summed E-state index contributed by atoms with van der Waals surface area (Å²) in [6, 6.07) is 15.4. The highest BCUT2D eigenvalue weighted by Gasteiger charge is 2.32. The summed E-state index contributed by atoms with van der Waals surface area (Å²) in [7, 11) is -3.06. The fourth-order valence-corrected chi connectivity index (χ4v) is 5.65. The first-order valence-electron chi connectivity index (χ1n) is 12.1. The molecule has 0 spiro atoms. The number of rotatable bonds is 10. The van der Waals surface area contributed by atoms with Gasteiger partial charge >= 0.3 is 0 Å². The maximum absolute atomic E-state index is 13.9. The van der Waals surface area contributed by atoms with Crippen molar-refractivity contribution >= 4 is 9.84 Å². The highest BCUT2D eigenvalue weighted by atomic mass is 32.2. The van der Waals surface area contributed by atoms with Crippen LogP contribution in [-0.2, 0) is 25.9 Å². The average Bonchev–Trinajstić information content (AvgIpc) is 2.93. The summed E-state index contributed by atoms with van der Waals surface area (Å²) in [6.07, 6.45) is 1.32. The SMILES string of the molecule is CCOCc1nc(O)c(S(=O)(=O)c2ccc(-c3ccnc(F)c3C)cc2)c(=O)n1C(COC)c1ccccc1. The number of benzene rings is 2. The fourth-order valence-electron chi connectivity index (χ4n) is 4.31. The van der Waals surface area contributed by atoms with E-state index in [1.165, 1.54) is 42.1 Å². The number of hydrogen-bond donors (Lipinski definition) is 1. The number of hydrogen-bond acceptors (Lipinski definition) is 8. The van der Waals surface area contributed by atoms with E-state index in [2.05, 4.69) is 9.97 Å². The second kappa shape index (κ2) is 11.9. The first-order chi connectivity index (χ1) is 18.7. The summed E-state index contributed by atoms with van der Waals surface area (Å²) >= 11 is 0. The third-order valence-electron chi connectivity index (χ3n) is 6.27. The van der Waals surface area contributed by atoms with Crippen LogP contribution in [0.5, 0.6) is 5.88 Å². The normalized spacial score (nSPS) is 12.4. The summed E-state index contributed by atoms with van der Waals surface area (Å²) in [6.45, 7) is 3.54. The van der Waals surface area contributed by atoms with Gasteiger partial charge in [0.1, 0.15) is 12.4 Å². The molecule has 1 atom stereocenters. The van der Waals surface area contributed by atoms with E-state index in [-0.39, 0.29) is 23.9 Å². The third kappa shape index (κ3) is 5.60. The van der Waals surface area contributed by atoms with Gasteiger partial charge in [-0.3, -0.25) is 9.36 Å². The van der Waals surface area contributed by atoms with Crippen molar-refractivity contribution < 1.29 is 27.4 Å². The number of ether oxygens (including phenoxy) is 2. The van der Waals surface area contributed by atoms with Crippen molar-refractivity contribution in [3.8, 4) is 17.0 Å². The Kier molecular flexibility index (Phi) is 8.54. The number of nitrogens with zero attached hydrogens (tertiary/aromatic N) is 3. The number of methoxy groups -OCH3 is 1. The molecule has 0 saturated carbocycles. The maximum Gasteiger partial charge on any atom is 0.277 e. The smallest absolute Gasteiger partial charge is 0.277 e. The van der Waals surface area contributed by atoms with Gasteiger partial charge in [-0.15, -0.1) is 0 Å². The molecule has 0 aliphatic heterocycles. The van der Waals surface area contributed by atoms with Crippen molar-refractivity contribution in [2.45, 2.75) is 36.3 Å². The molecule has 2 aromatic carbocycles. The molecule has 1 N–H and O–H groups in total. The van der Waals surface area contributed by atoms with E-state index in [4.69, 9.17) is 9.47 Å². The number of halogens is 1. The number of aromatic nitrogens is 3. The van der Waals surface area contributed by atoms with Crippen molar-refractivity contribution in [2.75, 3.05) is 20.3 Å². The summed E-state index contributed by atoms with van der Waals surface area (Å²) in [5, 5.41) is 10.7. The van der Waals surface area contributed by atoms with Crippen molar-refractivity contribution in [3.05, 3.63) is 100 Å². The Bertz CT molecular complexity index is 1620. The molecule has 0 aliphatic rings. The van der Waals surface area contributed by atoms with E-state index < -0.39 is 38.2 Å². The lowest BCUT2D eigenvalue weighted by molar-refractivity contribution is 0.116. The zero-order valence-corrected chi connectivity index (χ0v) is 22.5.